The third-order valence-electron chi connectivity index (χ3n) is 6.34. The van der Waals surface area contributed by atoms with E-state index in [4.69, 9.17) is 14.5 Å². The monoisotopic (exact) mass is 493 g/mol. The summed E-state index contributed by atoms with van der Waals surface area (Å²) in [7, 11) is 0. The molecule has 0 aromatic carbocycles. The van der Waals surface area contributed by atoms with E-state index >= 15 is 0 Å². The van der Waals surface area contributed by atoms with Crippen LogP contribution in [-0.4, -0.2) is 61.8 Å². The summed E-state index contributed by atoms with van der Waals surface area (Å²) >= 11 is 0. The van der Waals surface area contributed by atoms with Gasteiger partial charge in [0.05, 0.1) is 18.6 Å². The molecule has 156 valence electrons. The molecule has 7 heteroatoms. The van der Waals surface area contributed by atoms with Gasteiger partial charge in [0.25, 0.3) is 0 Å². The molecule has 0 radical (unpaired) electrons. The number of piperidine rings is 1. The smallest absolute Gasteiger partial charge is 0.309 e. The Morgan fingerprint density at radius 3 is 2.59 bits per heavy atom. The molecule has 0 bridgehead atoms. The number of nitrogens with one attached hydrogen (secondary N) is 1. The summed E-state index contributed by atoms with van der Waals surface area (Å²) in [5.41, 5.74) is 0.128. The van der Waals surface area contributed by atoms with Crippen molar-refractivity contribution in [2.75, 3.05) is 32.8 Å². The van der Waals surface area contributed by atoms with Crippen molar-refractivity contribution in [1.82, 2.24) is 10.2 Å². The molecule has 27 heavy (non-hydrogen) atoms. The van der Waals surface area contributed by atoms with E-state index in [-0.39, 0.29) is 41.3 Å². The van der Waals surface area contributed by atoms with Crippen LogP contribution in [0.25, 0.3) is 0 Å². The van der Waals surface area contributed by atoms with Crippen molar-refractivity contribution in [2.24, 2.45) is 22.2 Å². The Kier molecular flexibility index (Phi) is 8.21. The standard InChI is InChI=1S/C20H35N3O3.HI/c1-5-21-19(23-11-9-14(10-12-23)18(24)25-6-2)22-16-15-8-7-13-26-17(15)20(16,3)4;/h14-17H,5-13H2,1-4H3,(H,21,22);1H. The summed E-state index contributed by atoms with van der Waals surface area (Å²) in [5.74, 6) is 1.57. The van der Waals surface area contributed by atoms with Gasteiger partial charge in [-0.3, -0.25) is 9.79 Å². The summed E-state index contributed by atoms with van der Waals surface area (Å²) in [5, 5.41) is 3.76. The maximum atomic E-state index is 12.0. The number of hydrogen-bond donors (Lipinski definition) is 1. The fraction of sp³-hybridized carbons (Fsp3) is 0.900. The summed E-state index contributed by atoms with van der Waals surface area (Å²) in [6, 6.07) is 0.404. The van der Waals surface area contributed by atoms with Crippen molar-refractivity contribution in [2.45, 2.75) is 65.5 Å². The first kappa shape index (κ1) is 22.7. The number of aliphatic imine (C=N–C) groups is 1. The third kappa shape index (κ3) is 4.71. The highest BCUT2D eigenvalue weighted by Gasteiger charge is 2.58. The number of fused-ring (bicyclic) bond motifs is 1. The SMILES string of the molecule is CCN=C(NC1C2CCCOC2C1(C)C)N1CCC(C(=O)OCC)CC1.I. The number of ether oxygens (including phenoxy) is 2. The molecule has 1 N–H and O–H groups in total. The fourth-order valence-corrected chi connectivity index (χ4v) is 4.93. The Morgan fingerprint density at radius 1 is 1.26 bits per heavy atom. The van der Waals surface area contributed by atoms with Crippen molar-refractivity contribution in [3.8, 4) is 0 Å². The molecule has 3 atom stereocenters. The van der Waals surface area contributed by atoms with Crippen LogP contribution in [-0.2, 0) is 14.3 Å². The summed E-state index contributed by atoms with van der Waals surface area (Å²) in [6.07, 6.45) is 4.43. The highest BCUT2D eigenvalue weighted by Crippen LogP contribution is 2.51. The molecule has 1 aliphatic carbocycles. The summed E-state index contributed by atoms with van der Waals surface area (Å²) in [4.78, 5) is 19.0. The first-order chi connectivity index (χ1) is 12.5. The number of rotatable bonds is 4. The molecule has 0 amide bonds. The van der Waals surface area contributed by atoms with Gasteiger partial charge in [-0.2, -0.15) is 0 Å². The van der Waals surface area contributed by atoms with E-state index in [9.17, 15) is 4.79 Å². The first-order valence-electron chi connectivity index (χ1n) is 10.3. The summed E-state index contributed by atoms with van der Waals surface area (Å²) < 4.78 is 11.2. The quantitative estimate of drug-likeness (QED) is 0.282. The molecule has 2 heterocycles. The van der Waals surface area contributed by atoms with Gasteiger partial charge in [0.15, 0.2) is 5.96 Å². The van der Waals surface area contributed by atoms with Crippen molar-refractivity contribution in [3.63, 3.8) is 0 Å². The molecule has 3 aliphatic rings. The Hall–Kier alpha value is -0.570. The number of likely N-dealkylation sites (tertiary alicyclic amines) is 1. The van der Waals surface area contributed by atoms with Crippen LogP contribution < -0.4 is 5.32 Å². The van der Waals surface area contributed by atoms with Gasteiger partial charge < -0.3 is 19.7 Å². The molecular formula is C20H36IN3O3. The van der Waals surface area contributed by atoms with E-state index in [0.717, 1.165) is 51.5 Å². The van der Waals surface area contributed by atoms with Gasteiger partial charge in [-0.1, -0.05) is 13.8 Å². The Morgan fingerprint density at radius 2 is 1.96 bits per heavy atom. The minimum atomic E-state index is -0.0450. The van der Waals surface area contributed by atoms with E-state index in [1.165, 1.54) is 6.42 Å². The van der Waals surface area contributed by atoms with E-state index < -0.39 is 0 Å². The molecule has 2 saturated heterocycles. The number of carbonyl (C=O) groups excluding carboxylic acids is 1. The molecule has 0 aromatic rings. The number of nitrogens with zero attached hydrogens (tertiary/aromatic N) is 2. The van der Waals surface area contributed by atoms with Crippen molar-refractivity contribution in [3.05, 3.63) is 0 Å². The van der Waals surface area contributed by atoms with Gasteiger partial charge in [0, 0.05) is 43.6 Å². The van der Waals surface area contributed by atoms with Crippen LogP contribution in [0.15, 0.2) is 4.99 Å². The van der Waals surface area contributed by atoms with Gasteiger partial charge in [0.2, 0.25) is 0 Å². The lowest BCUT2D eigenvalue weighted by Gasteiger charge is -2.60. The highest BCUT2D eigenvalue weighted by molar-refractivity contribution is 14.0. The number of hydrogen-bond acceptors (Lipinski definition) is 4. The van der Waals surface area contributed by atoms with E-state index in [2.05, 4.69) is 31.0 Å². The van der Waals surface area contributed by atoms with E-state index in [1.807, 2.05) is 6.92 Å². The normalized spacial score (nSPS) is 30.6. The zero-order chi connectivity index (χ0) is 18.7. The van der Waals surface area contributed by atoms with Crippen molar-refractivity contribution >= 4 is 35.9 Å². The van der Waals surface area contributed by atoms with Gasteiger partial charge in [-0.05, 0) is 39.5 Å². The molecule has 3 rings (SSSR count). The average Bonchev–Trinajstić information content (AvgIpc) is 2.65. The lowest BCUT2D eigenvalue weighted by molar-refractivity contribution is -0.188. The van der Waals surface area contributed by atoms with Crippen LogP contribution in [0.2, 0.25) is 0 Å². The average molecular weight is 493 g/mol. The zero-order valence-corrected chi connectivity index (χ0v) is 19.5. The lowest BCUT2D eigenvalue weighted by atomic mass is 9.55. The molecule has 3 fully saturated rings. The van der Waals surface area contributed by atoms with Gasteiger partial charge >= 0.3 is 5.97 Å². The van der Waals surface area contributed by atoms with Gasteiger partial charge in [0.1, 0.15) is 0 Å². The van der Waals surface area contributed by atoms with Gasteiger partial charge in [-0.15, -0.1) is 24.0 Å². The first-order valence-corrected chi connectivity index (χ1v) is 10.3. The molecule has 0 aromatic heterocycles. The zero-order valence-electron chi connectivity index (χ0n) is 17.2. The second-order valence-electron chi connectivity index (χ2n) is 8.35. The predicted molar refractivity (Wildman–Crippen MR) is 117 cm³/mol. The van der Waals surface area contributed by atoms with Crippen LogP contribution in [0.3, 0.4) is 0 Å². The van der Waals surface area contributed by atoms with E-state index in [1.54, 1.807) is 0 Å². The second kappa shape index (κ2) is 9.76. The lowest BCUT2D eigenvalue weighted by Crippen LogP contribution is -2.71. The van der Waals surface area contributed by atoms with Gasteiger partial charge in [-0.25, -0.2) is 0 Å². The molecule has 1 saturated carbocycles. The molecule has 0 spiro atoms. The number of guanidine groups is 1. The van der Waals surface area contributed by atoms with Crippen molar-refractivity contribution < 1.29 is 14.3 Å². The number of halogens is 1. The number of carbonyl (C=O) groups is 1. The van der Waals surface area contributed by atoms with Crippen LogP contribution in [0, 0.1) is 17.3 Å². The predicted octanol–water partition coefficient (Wildman–Crippen LogP) is 3.05. The Bertz CT molecular complexity index is 533. The van der Waals surface area contributed by atoms with Crippen LogP contribution in [0.1, 0.15) is 53.4 Å². The number of esters is 1. The second-order valence-corrected chi connectivity index (χ2v) is 8.35. The van der Waals surface area contributed by atoms with Crippen LogP contribution in [0.4, 0.5) is 0 Å². The van der Waals surface area contributed by atoms with Crippen molar-refractivity contribution in [1.29, 1.82) is 0 Å². The van der Waals surface area contributed by atoms with Crippen LogP contribution >= 0.6 is 24.0 Å². The maximum absolute atomic E-state index is 12.0. The molecular weight excluding hydrogens is 457 g/mol. The largest absolute Gasteiger partial charge is 0.466 e. The Balaban J connectivity index is 0.00000261. The fourth-order valence-electron chi connectivity index (χ4n) is 4.93. The Labute approximate surface area is 180 Å². The highest BCUT2D eigenvalue weighted by atomic mass is 127. The topological polar surface area (TPSA) is 63.2 Å². The molecule has 3 unspecified atom stereocenters. The summed E-state index contributed by atoms with van der Waals surface area (Å²) in [6.45, 7) is 12.4. The maximum Gasteiger partial charge on any atom is 0.309 e. The minimum Gasteiger partial charge on any atom is -0.466 e. The minimum absolute atomic E-state index is 0. The molecule has 2 aliphatic heterocycles. The van der Waals surface area contributed by atoms with E-state index in [0.29, 0.717) is 24.7 Å². The molecule has 6 nitrogen and oxygen atoms in total. The third-order valence-corrected chi connectivity index (χ3v) is 6.34. The van der Waals surface area contributed by atoms with Crippen LogP contribution in [0.5, 0.6) is 0 Å².